The fourth-order valence-corrected chi connectivity index (χ4v) is 6.14. The molecule has 0 aromatic heterocycles. The van der Waals surface area contributed by atoms with E-state index in [0.29, 0.717) is 11.1 Å². The number of ether oxygens (including phenoxy) is 3. The zero-order valence-electron chi connectivity index (χ0n) is 19.5. The highest BCUT2D eigenvalue weighted by Gasteiger charge is 2.55. The van der Waals surface area contributed by atoms with E-state index >= 15 is 0 Å². The van der Waals surface area contributed by atoms with E-state index in [1.165, 1.54) is 11.8 Å². The zero-order chi connectivity index (χ0) is 24.8. The number of carbonyl (C=O) groups is 2. The first kappa shape index (κ1) is 23.4. The summed E-state index contributed by atoms with van der Waals surface area (Å²) in [5.41, 5.74) is 1.86. The van der Waals surface area contributed by atoms with Crippen molar-refractivity contribution in [3.05, 3.63) is 101 Å². The Kier molecular flexibility index (Phi) is 6.15. The SMILES string of the molecule is Cc1ccc(S[C@@H]2O[C@@H]3COC(c4ccccc4)O[C@@H]3[C@H](O)[C@H]2N2C(=O)c3ccccc3C2=O)cc1. The molecule has 0 spiro atoms. The van der Waals surface area contributed by atoms with E-state index in [1.54, 1.807) is 24.3 Å². The molecule has 0 aliphatic carbocycles. The second-order valence-corrected chi connectivity index (χ2v) is 10.3. The monoisotopic (exact) mass is 503 g/mol. The number of aliphatic hydroxyl groups excluding tert-OH is 1. The minimum atomic E-state index is -1.18. The second-order valence-electron chi connectivity index (χ2n) is 9.16. The maximum atomic E-state index is 13.4. The van der Waals surface area contributed by atoms with Gasteiger partial charge in [-0.05, 0) is 31.2 Å². The zero-order valence-corrected chi connectivity index (χ0v) is 20.3. The summed E-state index contributed by atoms with van der Waals surface area (Å²) in [4.78, 5) is 28.9. The average Bonchev–Trinajstić information content (AvgIpc) is 3.16. The van der Waals surface area contributed by atoms with Crippen LogP contribution in [0.3, 0.4) is 0 Å². The molecule has 184 valence electrons. The molecule has 3 aromatic carbocycles. The summed E-state index contributed by atoms with van der Waals surface area (Å²) in [6.07, 6.45) is -3.21. The number of aryl methyl sites for hydroxylation is 1. The van der Waals surface area contributed by atoms with Crippen LogP contribution < -0.4 is 0 Å². The van der Waals surface area contributed by atoms with Gasteiger partial charge in [0.1, 0.15) is 29.8 Å². The number of benzene rings is 3. The molecule has 3 aliphatic heterocycles. The van der Waals surface area contributed by atoms with E-state index in [1.807, 2.05) is 61.5 Å². The standard InChI is InChI=1S/C28H25NO6S/c1-16-11-13-18(14-12-16)36-28-22(29-25(31)19-9-5-6-10-20(19)26(29)32)23(30)24-21(34-28)15-33-27(35-24)17-7-3-2-4-8-17/h2-14,21-24,27-28,30H,15H2,1H3/t21-,22-,23-,24+,27?,28+/m1/s1. The van der Waals surface area contributed by atoms with E-state index in [9.17, 15) is 14.7 Å². The molecule has 8 heteroatoms. The second kappa shape index (κ2) is 9.46. The lowest BCUT2D eigenvalue weighted by molar-refractivity contribution is -0.310. The molecular weight excluding hydrogens is 478 g/mol. The van der Waals surface area contributed by atoms with Crippen LogP contribution in [0.4, 0.5) is 0 Å². The largest absolute Gasteiger partial charge is 0.388 e. The third-order valence-corrected chi connectivity index (χ3v) is 7.97. The van der Waals surface area contributed by atoms with Crippen molar-refractivity contribution < 1.29 is 28.9 Å². The van der Waals surface area contributed by atoms with Crippen LogP contribution in [0.15, 0.2) is 83.8 Å². The van der Waals surface area contributed by atoms with Gasteiger partial charge in [0.15, 0.2) is 6.29 Å². The van der Waals surface area contributed by atoms with Crippen molar-refractivity contribution in [2.45, 2.75) is 47.9 Å². The smallest absolute Gasteiger partial charge is 0.262 e. The molecule has 2 amide bonds. The molecule has 1 N–H and O–H groups in total. The molecule has 3 aromatic rings. The molecule has 3 aliphatic rings. The summed E-state index contributed by atoms with van der Waals surface area (Å²) in [5, 5.41) is 11.7. The Bertz CT molecular complexity index is 1250. The van der Waals surface area contributed by atoms with Crippen LogP contribution >= 0.6 is 11.8 Å². The van der Waals surface area contributed by atoms with Gasteiger partial charge in [-0.15, -0.1) is 0 Å². The van der Waals surface area contributed by atoms with Crippen molar-refractivity contribution in [1.82, 2.24) is 4.90 Å². The molecule has 2 saturated heterocycles. The Morgan fingerprint density at radius 1 is 0.861 bits per heavy atom. The lowest BCUT2D eigenvalue weighted by Gasteiger charge is -2.49. The fraction of sp³-hybridized carbons (Fsp3) is 0.286. The number of rotatable bonds is 4. The van der Waals surface area contributed by atoms with E-state index < -0.39 is 47.9 Å². The van der Waals surface area contributed by atoms with Gasteiger partial charge in [-0.25, -0.2) is 0 Å². The molecule has 6 atom stereocenters. The number of thioether (sulfide) groups is 1. The molecule has 6 rings (SSSR count). The van der Waals surface area contributed by atoms with Gasteiger partial charge >= 0.3 is 0 Å². The Hall–Kier alpha value is -3.01. The van der Waals surface area contributed by atoms with Gasteiger partial charge in [0.05, 0.1) is 17.7 Å². The van der Waals surface area contributed by atoms with Crippen LogP contribution in [0.1, 0.15) is 38.1 Å². The summed E-state index contributed by atoms with van der Waals surface area (Å²) in [6.45, 7) is 2.21. The highest BCUT2D eigenvalue weighted by molar-refractivity contribution is 7.99. The molecule has 7 nitrogen and oxygen atoms in total. The van der Waals surface area contributed by atoms with Crippen molar-refractivity contribution in [3.8, 4) is 0 Å². The highest BCUT2D eigenvalue weighted by Crippen LogP contribution is 2.42. The minimum Gasteiger partial charge on any atom is -0.388 e. The number of hydrogen-bond donors (Lipinski definition) is 1. The number of amides is 2. The van der Waals surface area contributed by atoms with Crippen LogP contribution in [-0.2, 0) is 14.2 Å². The van der Waals surface area contributed by atoms with E-state index in [-0.39, 0.29) is 6.61 Å². The van der Waals surface area contributed by atoms with Crippen LogP contribution in [0.25, 0.3) is 0 Å². The highest BCUT2D eigenvalue weighted by atomic mass is 32.2. The topological polar surface area (TPSA) is 85.3 Å². The minimum absolute atomic E-state index is 0.209. The van der Waals surface area contributed by atoms with Gasteiger partial charge < -0.3 is 19.3 Å². The van der Waals surface area contributed by atoms with Crippen LogP contribution in [0, 0.1) is 6.92 Å². The Labute approximate surface area is 213 Å². The summed E-state index contributed by atoms with van der Waals surface area (Å²) < 4.78 is 18.5. The summed E-state index contributed by atoms with van der Waals surface area (Å²) >= 11 is 1.37. The van der Waals surface area contributed by atoms with E-state index in [0.717, 1.165) is 20.9 Å². The van der Waals surface area contributed by atoms with Gasteiger partial charge in [0.25, 0.3) is 11.8 Å². The number of aliphatic hydroxyl groups is 1. The normalized spacial score (nSPS) is 29.7. The molecule has 0 radical (unpaired) electrons. The first-order valence-corrected chi connectivity index (χ1v) is 12.7. The molecular formula is C28H25NO6S. The molecule has 0 bridgehead atoms. The average molecular weight is 504 g/mol. The van der Waals surface area contributed by atoms with E-state index in [2.05, 4.69) is 0 Å². The predicted octanol–water partition coefficient (Wildman–Crippen LogP) is 3.95. The molecule has 2 fully saturated rings. The fourth-order valence-electron chi connectivity index (χ4n) is 4.96. The van der Waals surface area contributed by atoms with Gasteiger partial charge in [-0.3, -0.25) is 14.5 Å². The number of carbonyl (C=O) groups excluding carboxylic acids is 2. The van der Waals surface area contributed by atoms with Crippen molar-refractivity contribution in [2.75, 3.05) is 6.61 Å². The maximum Gasteiger partial charge on any atom is 0.262 e. The Morgan fingerprint density at radius 2 is 1.50 bits per heavy atom. The van der Waals surface area contributed by atoms with E-state index in [4.69, 9.17) is 14.2 Å². The van der Waals surface area contributed by atoms with Gasteiger partial charge in [0, 0.05) is 10.5 Å². The van der Waals surface area contributed by atoms with Gasteiger partial charge in [0.2, 0.25) is 0 Å². The molecule has 3 heterocycles. The molecule has 36 heavy (non-hydrogen) atoms. The first-order chi connectivity index (χ1) is 17.5. The molecule has 0 saturated carbocycles. The van der Waals surface area contributed by atoms with Crippen LogP contribution in [-0.4, -0.2) is 58.2 Å². The Morgan fingerprint density at radius 3 is 2.17 bits per heavy atom. The van der Waals surface area contributed by atoms with Crippen molar-refractivity contribution in [3.63, 3.8) is 0 Å². The van der Waals surface area contributed by atoms with Crippen LogP contribution in [0.2, 0.25) is 0 Å². The number of fused-ring (bicyclic) bond motifs is 2. The summed E-state index contributed by atoms with van der Waals surface area (Å²) in [6, 6.07) is 23.1. The predicted molar refractivity (Wildman–Crippen MR) is 132 cm³/mol. The third-order valence-electron chi connectivity index (χ3n) is 6.80. The summed E-state index contributed by atoms with van der Waals surface area (Å²) in [7, 11) is 0. The van der Waals surface area contributed by atoms with Crippen LogP contribution in [0.5, 0.6) is 0 Å². The van der Waals surface area contributed by atoms with Gasteiger partial charge in [-0.2, -0.15) is 0 Å². The third kappa shape index (κ3) is 4.05. The lowest BCUT2D eigenvalue weighted by Crippen LogP contribution is -2.66. The Balaban J connectivity index is 1.34. The number of imide groups is 1. The first-order valence-electron chi connectivity index (χ1n) is 11.9. The summed E-state index contributed by atoms with van der Waals surface area (Å²) in [5.74, 6) is -0.884. The van der Waals surface area contributed by atoms with Crippen molar-refractivity contribution in [1.29, 1.82) is 0 Å². The maximum absolute atomic E-state index is 13.4. The lowest BCUT2D eigenvalue weighted by atomic mass is 9.95. The van der Waals surface area contributed by atoms with Crippen molar-refractivity contribution >= 4 is 23.6 Å². The number of hydrogen-bond acceptors (Lipinski definition) is 7. The quantitative estimate of drug-likeness (QED) is 0.540. The van der Waals surface area contributed by atoms with Crippen molar-refractivity contribution in [2.24, 2.45) is 0 Å². The van der Waals surface area contributed by atoms with Gasteiger partial charge in [-0.1, -0.05) is 71.9 Å². The molecule has 1 unspecified atom stereocenters. The number of nitrogens with zero attached hydrogens (tertiary/aromatic N) is 1.